The van der Waals surface area contributed by atoms with Crippen LogP contribution in [0.15, 0.2) is 18.2 Å². The molecule has 1 N–H and O–H groups in total. The minimum absolute atomic E-state index is 0.0876. The van der Waals surface area contributed by atoms with Crippen LogP contribution in [0, 0.1) is 16.0 Å². The molecule has 0 bridgehead atoms. The summed E-state index contributed by atoms with van der Waals surface area (Å²) >= 11 is 7.09. The van der Waals surface area contributed by atoms with Crippen LogP contribution >= 0.6 is 22.9 Å². The van der Waals surface area contributed by atoms with E-state index in [-0.39, 0.29) is 16.3 Å². The van der Waals surface area contributed by atoms with Gasteiger partial charge in [-0.05, 0) is 18.1 Å². The first kappa shape index (κ1) is 16.3. The van der Waals surface area contributed by atoms with E-state index in [0.717, 1.165) is 11.4 Å². The van der Waals surface area contributed by atoms with Crippen molar-refractivity contribution in [2.24, 2.45) is 5.92 Å². The lowest BCUT2D eigenvalue weighted by Gasteiger charge is -2.02. The van der Waals surface area contributed by atoms with E-state index in [2.05, 4.69) is 29.4 Å². The molecule has 22 heavy (non-hydrogen) atoms. The van der Waals surface area contributed by atoms with Gasteiger partial charge in [0, 0.05) is 18.1 Å². The molecule has 2 rings (SSSR count). The first-order valence-electron chi connectivity index (χ1n) is 6.44. The van der Waals surface area contributed by atoms with Crippen LogP contribution < -0.4 is 5.32 Å². The average molecular weight is 341 g/mol. The van der Waals surface area contributed by atoms with E-state index in [4.69, 9.17) is 11.6 Å². The van der Waals surface area contributed by atoms with Gasteiger partial charge in [-0.1, -0.05) is 36.8 Å². The van der Waals surface area contributed by atoms with Gasteiger partial charge < -0.3 is 0 Å². The molecule has 0 aliphatic heterocycles. The van der Waals surface area contributed by atoms with Crippen molar-refractivity contribution in [3.05, 3.63) is 43.9 Å². The fourth-order valence-electron chi connectivity index (χ4n) is 1.70. The van der Waals surface area contributed by atoms with Crippen molar-refractivity contribution in [1.29, 1.82) is 0 Å². The molecular formula is C13H13ClN4O3S. The number of hydrogen-bond acceptors (Lipinski definition) is 6. The van der Waals surface area contributed by atoms with Crippen molar-refractivity contribution < 1.29 is 9.72 Å². The number of carbonyl (C=O) groups is 1. The number of nitrogens with one attached hydrogen (secondary N) is 1. The van der Waals surface area contributed by atoms with E-state index in [1.807, 2.05) is 0 Å². The minimum atomic E-state index is -0.604. The summed E-state index contributed by atoms with van der Waals surface area (Å²) in [5.41, 5.74) is -0.0236. The van der Waals surface area contributed by atoms with Crippen LogP contribution in [0.1, 0.15) is 29.2 Å². The third-order valence-corrected chi connectivity index (χ3v) is 3.84. The average Bonchev–Trinajstić information content (AvgIpc) is 2.84. The summed E-state index contributed by atoms with van der Waals surface area (Å²) < 4.78 is 0. The third-order valence-electron chi connectivity index (χ3n) is 2.68. The highest BCUT2D eigenvalue weighted by atomic mass is 35.5. The van der Waals surface area contributed by atoms with E-state index >= 15 is 0 Å². The first-order chi connectivity index (χ1) is 10.4. The lowest BCUT2D eigenvalue weighted by Crippen LogP contribution is -2.11. The molecule has 0 aliphatic carbocycles. The molecule has 1 heterocycles. The van der Waals surface area contributed by atoms with Gasteiger partial charge in [0.1, 0.15) is 10.0 Å². The van der Waals surface area contributed by atoms with E-state index in [1.165, 1.54) is 29.5 Å². The third kappa shape index (κ3) is 3.99. The number of nitrogens with zero attached hydrogens (tertiary/aromatic N) is 3. The zero-order valence-corrected chi connectivity index (χ0v) is 13.4. The highest BCUT2D eigenvalue weighted by Crippen LogP contribution is 2.26. The Morgan fingerprint density at radius 2 is 2.18 bits per heavy atom. The molecule has 0 radical (unpaired) electrons. The number of carbonyl (C=O) groups excluding carboxylic acids is 1. The Balaban J connectivity index is 2.10. The predicted octanol–water partition coefficient (Wildman–Crippen LogP) is 3.55. The molecule has 1 amide bonds. The van der Waals surface area contributed by atoms with Gasteiger partial charge in [0.25, 0.3) is 11.6 Å². The zero-order chi connectivity index (χ0) is 16.3. The standard InChI is InChI=1S/C13H13ClN4O3S/c1-7(2)5-11-16-17-13(22-11)15-12(19)8-3-4-10(18(20)21)9(14)6-8/h3-4,6-7H,5H2,1-2H3,(H,15,17,19). The topological polar surface area (TPSA) is 98.0 Å². The Morgan fingerprint density at radius 1 is 1.45 bits per heavy atom. The van der Waals surface area contributed by atoms with Crippen LogP contribution in [0.3, 0.4) is 0 Å². The van der Waals surface area contributed by atoms with Crippen LogP contribution in [-0.2, 0) is 6.42 Å². The van der Waals surface area contributed by atoms with E-state index < -0.39 is 10.8 Å². The van der Waals surface area contributed by atoms with Crippen molar-refractivity contribution in [3.63, 3.8) is 0 Å². The Morgan fingerprint density at radius 3 is 2.77 bits per heavy atom. The Kier molecular flexibility index (Phi) is 5.04. The molecule has 0 unspecified atom stereocenters. The van der Waals surface area contributed by atoms with Crippen molar-refractivity contribution in [2.75, 3.05) is 5.32 Å². The summed E-state index contributed by atoms with van der Waals surface area (Å²) in [4.78, 5) is 22.2. The Labute approximate surface area is 135 Å². The lowest BCUT2D eigenvalue weighted by atomic mass is 10.1. The maximum Gasteiger partial charge on any atom is 0.287 e. The molecule has 0 saturated heterocycles. The molecule has 116 valence electrons. The van der Waals surface area contributed by atoms with Crippen molar-refractivity contribution >= 4 is 39.7 Å². The highest BCUT2D eigenvalue weighted by molar-refractivity contribution is 7.15. The molecule has 0 saturated carbocycles. The van der Waals surface area contributed by atoms with Crippen LogP contribution in [0.2, 0.25) is 5.02 Å². The van der Waals surface area contributed by atoms with Crippen LogP contribution in [-0.4, -0.2) is 21.0 Å². The second-order valence-electron chi connectivity index (χ2n) is 4.98. The van der Waals surface area contributed by atoms with E-state index in [0.29, 0.717) is 11.0 Å². The quantitative estimate of drug-likeness (QED) is 0.663. The molecule has 1 aromatic heterocycles. The molecule has 0 spiro atoms. The van der Waals surface area contributed by atoms with Gasteiger partial charge in [-0.25, -0.2) is 0 Å². The van der Waals surface area contributed by atoms with Crippen LogP contribution in [0.25, 0.3) is 0 Å². The number of benzene rings is 1. The monoisotopic (exact) mass is 340 g/mol. The van der Waals surface area contributed by atoms with Crippen molar-refractivity contribution in [3.8, 4) is 0 Å². The molecule has 0 fully saturated rings. The molecule has 1 aromatic carbocycles. The van der Waals surface area contributed by atoms with Crippen molar-refractivity contribution in [2.45, 2.75) is 20.3 Å². The summed E-state index contributed by atoms with van der Waals surface area (Å²) in [6.07, 6.45) is 0.789. The van der Waals surface area contributed by atoms with Gasteiger partial charge in [0.05, 0.1) is 4.92 Å². The van der Waals surface area contributed by atoms with Crippen LogP contribution in [0.5, 0.6) is 0 Å². The maximum atomic E-state index is 12.1. The fraction of sp³-hybridized carbons (Fsp3) is 0.308. The largest absolute Gasteiger partial charge is 0.296 e. The first-order valence-corrected chi connectivity index (χ1v) is 7.64. The summed E-state index contributed by atoms with van der Waals surface area (Å²) in [5.74, 6) is 0.00836. The van der Waals surface area contributed by atoms with E-state index in [1.54, 1.807) is 0 Å². The number of nitro benzene ring substituents is 1. The summed E-state index contributed by atoms with van der Waals surface area (Å²) in [6, 6.07) is 3.79. The number of rotatable bonds is 5. The van der Waals surface area contributed by atoms with Gasteiger partial charge in [-0.3, -0.25) is 20.2 Å². The molecular weight excluding hydrogens is 328 g/mol. The van der Waals surface area contributed by atoms with Crippen molar-refractivity contribution in [1.82, 2.24) is 10.2 Å². The Bertz CT molecular complexity index is 717. The number of aromatic nitrogens is 2. The summed E-state index contributed by atoms with van der Waals surface area (Å²) in [6.45, 7) is 4.14. The molecule has 0 aliphatic rings. The highest BCUT2D eigenvalue weighted by Gasteiger charge is 2.16. The zero-order valence-electron chi connectivity index (χ0n) is 11.9. The summed E-state index contributed by atoms with van der Waals surface area (Å²) in [5, 5.41) is 22.3. The number of amides is 1. The molecule has 0 atom stereocenters. The smallest absolute Gasteiger partial charge is 0.287 e. The lowest BCUT2D eigenvalue weighted by molar-refractivity contribution is -0.384. The molecule has 2 aromatic rings. The second kappa shape index (κ2) is 6.80. The van der Waals surface area contributed by atoms with Gasteiger partial charge in [-0.15, -0.1) is 10.2 Å². The van der Waals surface area contributed by atoms with Gasteiger partial charge in [0.2, 0.25) is 5.13 Å². The number of anilines is 1. The van der Waals surface area contributed by atoms with Crippen LogP contribution in [0.4, 0.5) is 10.8 Å². The maximum absolute atomic E-state index is 12.1. The molecule has 7 nitrogen and oxygen atoms in total. The fourth-order valence-corrected chi connectivity index (χ4v) is 2.90. The van der Waals surface area contributed by atoms with E-state index in [9.17, 15) is 14.9 Å². The SMILES string of the molecule is CC(C)Cc1nnc(NC(=O)c2ccc([N+](=O)[O-])c(Cl)c2)s1. The number of hydrogen-bond donors (Lipinski definition) is 1. The second-order valence-corrected chi connectivity index (χ2v) is 6.45. The van der Waals surface area contributed by atoms with Gasteiger partial charge in [-0.2, -0.15) is 0 Å². The van der Waals surface area contributed by atoms with Gasteiger partial charge >= 0.3 is 0 Å². The van der Waals surface area contributed by atoms with Gasteiger partial charge in [0.15, 0.2) is 0 Å². The predicted molar refractivity (Wildman–Crippen MR) is 84.5 cm³/mol. The molecule has 9 heteroatoms. The summed E-state index contributed by atoms with van der Waals surface area (Å²) in [7, 11) is 0. The Hall–Kier alpha value is -2.06. The number of halogens is 1. The minimum Gasteiger partial charge on any atom is -0.296 e. The number of nitro groups is 1. The normalized spacial score (nSPS) is 10.7.